The molecule has 0 saturated heterocycles. The van der Waals surface area contributed by atoms with Crippen LogP contribution in [-0.2, 0) is 0 Å². The molecule has 0 aliphatic carbocycles. The summed E-state index contributed by atoms with van der Waals surface area (Å²) >= 11 is 6.05. The van der Waals surface area contributed by atoms with Crippen LogP contribution in [0.2, 0.25) is 5.02 Å². The van der Waals surface area contributed by atoms with Crippen LogP contribution in [-0.4, -0.2) is 19.0 Å². The van der Waals surface area contributed by atoms with Crippen molar-refractivity contribution in [3.8, 4) is 11.3 Å². The maximum Gasteiger partial charge on any atom is 0.287 e. The lowest BCUT2D eigenvalue weighted by atomic mass is 10.2. The number of nitrogens with one attached hydrogen (secondary N) is 1. The minimum absolute atomic E-state index is 0.248. The number of halogens is 1. The Morgan fingerprint density at radius 3 is 2.78 bits per heavy atom. The highest BCUT2D eigenvalue weighted by molar-refractivity contribution is 6.33. The summed E-state index contributed by atoms with van der Waals surface area (Å²) in [5, 5.41) is 3.22. The van der Waals surface area contributed by atoms with Gasteiger partial charge in [-0.15, -0.1) is 0 Å². The zero-order valence-electron chi connectivity index (χ0n) is 9.65. The van der Waals surface area contributed by atoms with Crippen LogP contribution in [0.25, 0.3) is 11.3 Å². The average Bonchev–Trinajstić information content (AvgIpc) is 2.86. The second kappa shape index (κ2) is 5.71. The lowest BCUT2D eigenvalue weighted by molar-refractivity contribution is 0.0928. The molecule has 0 saturated carbocycles. The standard InChI is InChI=1S/C13H13ClN2O2/c14-10-4-2-1-3-9(10)11-5-6-12(18-11)13(17)16-8-7-15/h1-6H,7-8,15H2,(H,16,17). The molecule has 0 unspecified atom stereocenters. The van der Waals surface area contributed by atoms with Gasteiger partial charge in [0.2, 0.25) is 0 Å². The Kier molecular flexibility index (Phi) is 4.02. The third-order valence-electron chi connectivity index (χ3n) is 2.40. The quantitative estimate of drug-likeness (QED) is 0.890. The Morgan fingerprint density at radius 1 is 1.28 bits per heavy atom. The molecule has 1 amide bonds. The molecule has 0 spiro atoms. The summed E-state index contributed by atoms with van der Waals surface area (Å²) in [7, 11) is 0. The van der Waals surface area contributed by atoms with Crippen molar-refractivity contribution in [2.24, 2.45) is 5.73 Å². The van der Waals surface area contributed by atoms with Gasteiger partial charge in [0, 0.05) is 18.7 Å². The first-order chi connectivity index (χ1) is 8.72. The van der Waals surface area contributed by atoms with Gasteiger partial charge < -0.3 is 15.5 Å². The number of nitrogens with two attached hydrogens (primary N) is 1. The first kappa shape index (κ1) is 12.7. The molecule has 0 atom stereocenters. The molecule has 5 heteroatoms. The zero-order valence-corrected chi connectivity index (χ0v) is 10.4. The average molecular weight is 265 g/mol. The Balaban J connectivity index is 2.21. The molecule has 2 aromatic rings. The highest BCUT2D eigenvalue weighted by atomic mass is 35.5. The van der Waals surface area contributed by atoms with E-state index in [-0.39, 0.29) is 11.7 Å². The van der Waals surface area contributed by atoms with Gasteiger partial charge in [-0.05, 0) is 24.3 Å². The van der Waals surface area contributed by atoms with E-state index < -0.39 is 0 Å². The maximum atomic E-state index is 11.6. The molecule has 1 aromatic heterocycles. The van der Waals surface area contributed by atoms with Crippen molar-refractivity contribution in [2.75, 3.05) is 13.1 Å². The van der Waals surface area contributed by atoms with Crippen LogP contribution in [0.5, 0.6) is 0 Å². The van der Waals surface area contributed by atoms with Gasteiger partial charge in [0.25, 0.3) is 5.91 Å². The SMILES string of the molecule is NCCNC(=O)c1ccc(-c2ccccc2Cl)o1. The third kappa shape index (κ3) is 2.72. The van der Waals surface area contributed by atoms with Gasteiger partial charge in [-0.3, -0.25) is 4.79 Å². The van der Waals surface area contributed by atoms with Crippen molar-refractivity contribution in [1.82, 2.24) is 5.32 Å². The number of furan rings is 1. The van der Waals surface area contributed by atoms with Crippen LogP contribution in [0.15, 0.2) is 40.8 Å². The van der Waals surface area contributed by atoms with E-state index in [2.05, 4.69) is 5.32 Å². The van der Waals surface area contributed by atoms with Gasteiger partial charge in [-0.2, -0.15) is 0 Å². The summed E-state index contributed by atoms with van der Waals surface area (Å²) in [5.41, 5.74) is 6.07. The monoisotopic (exact) mass is 264 g/mol. The van der Waals surface area contributed by atoms with Gasteiger partial charge >= 0.3 is 0 Å². The first-order valence-electron chi connectivity index (χ1n) is 5.55. The van der Waals surface area contributed by atoms with E-state index in [1.165, 1.54) is 0 Å². The third-order valence-corrected chi connectivity index (χ3v) is 2.73. The van der Waals surface area contributed by atoms with Crippen LogP contribution in [0.1, 0.15) is 10.6 Å². The molecule has 2 rings (SSSR count). The van der Waals surface area contributed by atoms with E-state index in [0.717, 1.165) is 5.56 Å². The highest BCUT2D eigenvalue weighted by Crippen LogP contribution is 2.28. The van der Waals surface area contributed by atoms with E-state index in [4.69, 9.17) is 21.8 Å². The number of carbonyl (C=O) groups is 1. The summed E-state index contributed by atoms with van der Waals surface area (Å²) in [5.74, 6) is 0.538. The van der Waals surface area contributed by atoms with Gasteiger partial charge in [0.1, 0.15) is 5.76 Å². The molecule has 1 heterocycles. The number of amides is 1. The minimum Gasteiger partial charge on any atom is -0.451 e. The highest BCUT2D eigenvalue weighted by Gasteiger charge is 2.12. The van der Waals surface area contributed by atoms with Crippen LogP contribution in [0, 0.1) is 0 Å². The van der Waals surface area contributed by atoms with E-state index in [9.17, 15) is 4.79 Å². The fourth-order valence-electron chi connectivity index (χ4n) is 1.54. The molecule has 0 aliphatic heterocycles. The Hall–Kier alpha value is -1.78. The van der Waals surface area contributed by atoms with Crippen molar-refractivity contribution in [3.05, 3.63) is 47.2 Å². The molecule has 0 aliphatic rings. The van der Waals surface area contributed by atoms with Gasteiger partial charge in [0.15, 0.2) is 5.76 Å². The Labute approximate surface area is 110 Å². The van der Waals surface area contributed by atoms with Crippen LogP contribution in [0.4, 0.5) is 0 Å². The van der Waals surface area contributed by atoms with Gasteiger partial charge in [0.05, 0.1) is 5.02 Å². The van der Waals surface area contributed by atoms with E-state index >= 15 is 0 Å². The van der Waals surface area contributed by atoms with Crippen LogP contribution >= 0.6 is 11.6 Å². The van der Waals surface area contributed by atoms with Gasteiger partial charge in [-0.1, -0.05) is 23.7 Å². The van der Waals surface area contributed by atoms with E-state index in [1.807, 2.05) is 18.2 Å². The summed E-state index contributed by atoms with van der Waals surface area (Å²) in [6.45, 7) is 0.810. The summed E-state index contributed by atoms with van der Waals surface area (Å²) in [4.78, 5) is 11.6. The number of hydrogen-bond acceptors (Lipinski definition) is 3. The molecular formula is C13H13ClN2O2. The lowest BCUT2D eigenvalue weighted by Crippen LogP contribution is -2.28. The number of carbonyl (C=O) groups excluding carboxylic acids is 1. The summed E-state index contributed by atoms with van der Waals surface area (Å²) in [6, 6.07) is 10.6. The van der Waals surface area contributed by atoms with Crippen LogP contribution in [0.3, 0.4) is 0 Å². The largest absolute Gasteiger partial charge is 0.451 e. The Bertz CT molecular complexity index is 551. The topological polar surface area (TPSA) is 68.3 Å². The lowest BCUT2D eigenvalue weighted by Gasteiger charge is -2.01. The molecule has 0 radical (unpaired) electrons. The fraction of sp³-hybridized carbons (Fsp3) is 0.154. The molecule has 18 heavy (non-hydrogen) atoms. The van der Waals surface area contributed by atoms with Crippen LogP contribution < -0.4 is 11.1 Å². The van der Waals surface area contributed by atoms with Crippen molar-refractivity contribution < 1.29 is 9.21 Å². The van der Waals surface area contributed by atoms with E-state index in [1.54, 1.807) is 18.2 Å². The first-order valence-corrected chi connectivity index (χ1v) is 5.93. The zero-order chi connectivity index (χ0) is 13.0. The molecule has 0 fully saturated rings. The van der Waals surface area contributed by atoms with Crippen molar-refractivity contribution >= 4 is 17.5 Å². The molecule has 0 bridgehead atoms. The normalized spacial score (nSPS) is 10.3. The maximum absolute atomic E-state index is 11.6. The molecule has 1 aromatic carbocycles. The minimum atomic E-state index is -0.279. The second-order valence-electron chi connectivity index (χ2n) is 3.69. The number of rotatable bonds is 4. The predicted octanol–water partition coefficient (Wildman–Crippen LogP) is 2.29. The smallest absolute Gasteiger partial charge is 0.287 e. The number of hydrogen-bond donors (Lipinski definition) is 2. The van der Waals surface area contributed by atoms with E-state index in [0.29, 0.717) is 23.9 Å². The van der Waals surface area contributed by atoms with Gasteiger partial charge in [-0.25, -0.2) is 0 Å². The summed E-state index contributed by atoms with van der Waals surface area (Å²) in [6.07, 6.45) is 0. The van der Waals surface area contributed by atoms with Crippen molar-refractivity contribution in [3.63, 3.8) is 0 Å². The summed E-state index contributed by atoms with van der Waals surface area (Å²) < 4.78 is 5.47. The number of benzene rings is 1. The molecule has 3 N–H and O–H groups in total. The molecular weight excluding hydrogens is 252 g/mol. The predicted molar refractivity (Wildman–Crippen MR) is 70.5 cm³/mol. The fourth-order valence-corrected chi connectivity index (χ4v) is 1.77. The Morgan fingerprint density at radius 2 is 2.06 bits per heavy atom. The van der Waals surface area contributed by atoms with Crippen molar-refractivity contribution in [2.45, 2.75) is 0 Å². The molecule has 94 valence electrons. The van der Waals surface area contributed by atoms with Crippen molar-refractivity contribution in [1.29, 1.82) is 0 Å². The second-order valence-corrected chi connectivity index (χ2v) is 4.10. The molecule has 4 nitrogen and oxygen atoms in total.